The summed E-state index contributed by atoms with van der Waals surface area (Å²) in [5.41, 5.74) is 1.24. The number of carbonyl (C=O) groups is 3. The summed E-state index contributed by atoms with van der Waals surface area (Å²) in [6, 6.07) is 6.10. The topological polar surface area (TPSA) is 87.7 Å². The Morgan fingerprint density at radius 3 is 2.06 bits per heavy atom. The van der Waals surface area contributed by atoms with E-state index in [1.165, 1.54) is 0 Å². The maximum Gasteiger partial charge on any atom is 0.408 e. The smallest absolute Gasteiger partial charge is 0.408 e. The number of carbonyl (C=O) groups excluding carboxylic acids is 3. The molecule has 7 nitrogen and oxygen atoms in total. The Labute approximate surface area is 199 Å². The van der Waals surface area contributed by atoms with E-state index in [0.29, 0.717) is 6.54 Å². The number of nitrogens with one attached hydrogen (secondary N) is 2. The molecular formula is C26H43N3O4. The Kier molecular flexibility index (Phi) is 11.4. The average molecular weight is 462 g/mol. The highest BCUT2D eigenvalue weighted by molar-refractivity contribution is 5.92. The Hall–Kier alpha value is -2.57. The number of rotatable bonds is 11. The van der Waals surface area contributed by atoms with Crippen LogP contribution in [0.5, 0.6) is 0 Å². The monoisotopic (exact) mass is 461 g/mol. The SMILES string of the molecule is CCCCCN(C(=O)C(C)NC(=O)OC(C)(C)C)C(C(=O)NC(C)C)c1ccc(CC)cc1. The van der Waals surface area contributed by atoms with Crippen LogP contribution in [0.3, 0.4) is 0 Å². The van der Waals surface area contributed by atoms with Crippen molar-refractivity contribution in [3.05, 3.63) is 35.4 Å². The molecule has 0 heterocycles. The van der Waals surface area contributed by atoms with Crippen molar-refractivity contribution in [1.82, 2.24) is 15.5 Å². The normalized spacial score (nSPS) is 13.2. The first-order valence-electron chi connectivity index (χ1n) is 12.1. The number of hydrogen-bond donors (Lipinski definition) is 2. The van der Waals surface area contributed by atoms with Gasteiger partial charge in [0.05, 0.1) is 0 Å². The molecule has 1 aromatic rings. The second-order valence-electron chi connectivity index (χ2n) is 9.77. The van der Waals surface area contributed by atoms with E-state index in [0.717, 1.165) is 36.8 Å². The summed E-state index contributed by atoms with van der Waals surface area (Å²) in [4.78, 5) is 40.7. The van der Waals surface area contributed by atoms with Gasteiger partial charge in [0.2, 0.25) is 11.8 Å². The molecule has 0 radical (unpaired) electrons. The molecule has 33 heavy (non-hydrogen) atoms. The molecule has 0 fully saturated rings. The molecule has 1 rings (SSSR count). The molecule has 0 spiro atoms. The zero-order chi connectivity index (χ0) is 25.2. The molecule has 2 atom stereocenters. The number of amides is 3. The lowest BCUT2D eigenvalue weighted by Crippen LogP contribution is -2.52. The molecule has 2 N–H and O–H groups in total. The van der Waals surface area contributed by atoms with Gasteiger partial charge in [0.25, 0.3) is 0 Å². The minimum Gasteiger partial charge on any atom is -0.444 e. The summed E-state index contributed by atoms with van der Waals surface area (Å²) >= 11 is 0. The van der Waals surface area contributed by atoms with Gasteiger partial charge >= 0.3 is 6.09 Å². The maximum atomic E-state index is 13.5. The number of hydrogen-bond acceptors (Lipinski definition) is 4. The number of benzene rings is 1. The van der Waals surface area contributed by atoms with E-state index >= 15 is 0 Å². The molecule has 0 aliphatic carbocycles. The molecule has 0 aromatic heterocycles. The zero-order valence-electron chi connectivity index (χ0n) is 21.7. The van der Waals surface area contributed by atoms with Crippen LogP contribution in [-0.2, 0) is 20.7 Å². The van der Waals surface area contributed by atoms with E-state index in [-0.39, 0.29) is 17.9 Å². The Morgan fingerprint density at radius 2 is 1.58 bits per heavy atom. The first-order valence-corrected chi connectivity index (χ1v) is 12.1. The number of unbranched alkanes of at least 4 members (excludes halogenated alkanes) is 2. The summed E-state index contributed by atoms with van der Waals surface area (Å²) in [5.74, 6) is -0.552. The van der Waals surface area contributed by atoms with Gasteiger partial charge in [-0.05, 0) is 65.5 Å². The largest absolute Gasteiger partial charge is 0.444 e. The summed E-state index contributed by atoms with van der Waals surface area (Å²) < 4.78 is 5.31. The van der Waals surface area contributed by atoms with Crippen LogP contribution in [0, 0.1) is 0 Å². The summed E-state index contributed by atoms with van der Waals surface area (Å²) in [6.45, 7) is 15.3. The summed E-state index contributed by atoms with van der Waals surface area (Å²) in [5, 5.41) is 5.59. The first kappa shape index (κ1) is 28.5. The molecule has 0 aliphatic heterocycles. The van der Waals surface area contributed by atoms with Crippen molar-refractivity contribution in [1.29, 1.82) is 0 Å². The highest BCUT2D eigenvalue weighted by Gasteiger charge is 2.34. The van der Waals surface area contributed by atoms with Crippen molar-refractivity contribution in [2.24, 2.45) is 0 Å². The fraction of sp³-hybridized carbons (Fsp3) is 0.654. The number of alkyl carbamates (subject to hydrolysis) is 1. The highest BCUT2D eigenvalue weighted by atomic mass is 16.6. The van der Waals surface area contributed by atoms with Gasteiger partial charge in [0.1, 0.15) is 17.7 Å². The Balaban J connectivity index is 3.28. The molecule has 2 unspecified atom stereocenters. The number of ether oxygens (including phenoxy) is 1. The average Bonchev–Trinajstić information content (AvgIpc) is 2.71. The second kappa shape index (κ2) is 13.2. The second-order valence-corrected chi connectivity index (χ2v) is 9.77. The molecule has 0 saturated heterocycles. The van der Waals surface area contributed by atoms with Crippen LogP contribution in [0.1, 0.15) is 91.8 Å². The van der Waals surface area contributed by atoms with E-state index in [9.17, 15) is 14.4 Å². The van der Waals surface area contributed by atoms with Crippen LogP contribution in [0.2, 0.25) is 0 Å². The zero-order valence-corrected chi connectivity index (χ0v) is 21.7. The number of nitrogens with zero attached hydrogens (tertiary/aromatic N) is 1. The van der Waals surface area contributed by atoms with E-state index in [2.05, 4.69) is 24.5 Å². The van der Waals surface area contributed by atoms with Gasteiger partial charge in [-0.1, -0.05) is 51.0 Å². The van der Waals surface area contributed by atoms with Gasteiger partial charge in [-0.25, -0.2) is 4.79 Å². The van der Waals surface area contributed by atoms with Crippen LogP contribution >= 0.6 is 0 Å². The minimum absolute atomic E-state index is 0.0696. The van der Waals surface area contributed by atoms with Crippen molar-refractivity contribution < 1.29 is 19.1 Å². The molecule has 186 valence electrons. The van der Waals surface area contributed by atoms with Crippen LogP contribution in [0.25, 0.3) is 0 Å². The van der Waals surface area contributed by atoms with Crippen LogP contribution < -0.4 is 10.6 Å². The van der Waals surface area contributed by atoms with E-state index in [1.807, 2.05) is 38.1 Å². The maximum absolute atomic E-state index is 13.5. The third-order valence-electron chi connectivity index (χ3n) is 5.08. The molecule has 7 heteroatoms. The fourth-order valence-corrected chi connectivity index (χ4v) is 3.47. The standard InChI is InChI=1S/C26H43N3O4/c1-9-11-12-17-29(24(31)19(5)28-25(32)33-26(6,7)8)22(23(30)27-18(3)4)21-15-13-20(10-2)14-16-21/h13-16,18-19,22H,9-12,17H2,1-8H3,(H,27,30)(H,28,32). The first-order chi connectivity index (χ1) is 15.4. The molecule has 0 bridgehead atoms. The van der Waals surface area contributed by atoms with E-state index in [4.69, 9.17) is 4.74 Å². The van der Waals surface area contributed by atoms with Crippen LogP contribution in [0.15, 0.2) is 24.3 Å². The third-order valence-corrected chi connectivity index (χ3v) is 5.08. The van der Waals surface area contributed by atoms with Gasteiger partial charge in [0.15, 0.2) is 0 Å². The van der Waals surface area contributed by atoms with Crippen LogP contribution in [-0.4, -0.2) is 47.0 Å². The quantitative estimate of drug-likeness (QED) is 0.466. The molecule has 3 amide bonds. The van der Waals surface area contributed by atoms with E-state index < -0.39 is 23.8 Å². The van der Waals surface area contributed by atoms with Crippen molar-refractivity contribution >= 4 is 17.9 Å². The van der Waals surface area contributed by atoms with Gasteiger partial charge in [-0.2, -0.15) is 0 Å². The Bertz CT molecular complexity index is 769. The lowest BCUT2D eigenvalue weighted by molar-refractivity contribution is -0.142. The van der Waals surface area contributed by atoms with Crippen molar-refractivity contribution in [3.63, 3.8) is 0 Å². The molecular weight excluding hydrogens is 418 g/mol. The third kappa shape index (κ3) is 9.84. The molecule has 0 aliphatic rings. The molecule has 0 saturated carbocycles. The van der Waals surface area contributed by atoms with Gasteiger partial charge in [0, 0.05) is 12.6 Å². The van der Waals surface area contributed by atoms with Gasteiger partial charge in [-0.15, -0.1) is 0 Å². The van der Waals surface area contributed by atoms with Crippen molar-refractivity contribution in [2.45, 2.75) is 105 Å². The van der Waals surface area contributed by atoms with Gasteiger partial charge in [-0.3, -0.25) is 9.59 Å². The fourth-order valence-electron chi connectivity index (χ4n) is 3.47. The van der Waals surface area contributed by atoms with Crippen LogP contribution in [0.4, 0.5) is 4.79 Å². The predicted molar refractivity (Wildman–Crippen MR) is 132 cm³/mol. The Morgan fingerprint density at radius 1 is 0.970 bits per heavy atom. The molecule has 1 aromatic carbocycles. The predicted octanol–water partition coefficient (Wildman–Crippen LogP) is 4.75. The highest BCUT2D eigenvalue weighted by Crippen LogP contribution is 2.24. The van der Waals surface area contributed by atoms with Crippen molar-refractivity contribution in [2.75, 3.05) is 6.54 Å². The minimum atomic E-state index is -0.842. The lowest BCUT2D eigenvalue weighted by Gasteiger charge is -2.34. The summed E-state index contributed by atoms with van der Waals surface area (Å²) in [7, 11) is 0. The summed E-state index contributed by atoms with van der Waals surface area (Å²) in [6.07, 6.45) is 2.92. The van der Waals surface area contributed by atoms with Crippen molar-refractivity contribution in [3.8, 4) is 0 Å². The van der Waals surface area contributed by atoms with E-state index in [1.54, 1.807) is 32.6 Å². The number of aryl methyl sites for hydroxylation is 1. The lowest BCUT2D eigenvalue weighted by atomic mass is 10.00. The van der Waals surface area contributed by atoms with Gasteiger partial charge < -0.3 is 20.3 Å².